The number of carbonyl (C=O) groups is 1. The van der Waals surface area contributed by atoms with Gasteiger partial charge in [0.15, 0.2) is 0 Å². The predicted octanol–water partition coefficient (Wildman–Crippen LogP) is 2.16. The number of rotatable bonds is 3. The molecular weight excluding hydrogens is 274 g/mol. The van der Waals surface area contributed by atoms with E-state index < -0.39 is 33.7 Å². The first-order valence-electron chi connectivity index (χ1n) is 5.35. The lowest BCUT2D eigenvalue weighted by molar-refractivity contribution is -0.387. The number of hydrogen-bond donors (Lipinski definition) is 2. The van der Waals surface area contributed by atoms with Crippen molar-refractivity contribution in [2.45, 2.75) is 6.92 Å². The van der Waals surface area contributed by atoms with Gasteiger partial charge in [-0.3, -0.25) is 20.0 Å². The third-order valence-electron chi connectivity index (χ3n) is 2.56. The molecule has 1 heterocycles. The Labute approximate surface area is 110 Å². The molecule has 1 aromatic carbocycles. The summed E-state index contributed by atoms with van der Waals surface area (Å²) >= 11 is 0. The van der Waals surface area contributed by atoms with E-state index in [1.165, 1.54) is 6.20 Å². The Balaban J connectivity index is 2.42. The van der Waals surface area contributed by atoms with E-state index in [2.05, 4.69) is 15.5 Å². The zero-order valence-electron chi connectivity index (χ0n) is 10.1. The Hall–Kier alpha value is -2.84. The van der Waals surface area contributed by atoms with Gasteiger partial charge in [-0.2, -0.15) is 9.49 Å². The topological polar surface area (TPSA) is 101 Å². The monoisotopic (exact) mass is 282 g/mol. The first-order chi connectivity index (χ1) is 9.41. The molecule has 0 spiro atoms. The zero-order valence-corrected chi connectivity index (χ0v) is 10.1. The van der Waals surface area contributed by atoms with Crippen molar-refractivity contribution in [3.05, 3.63) is 51.2 Å². The first kappa shape index (κ1) is 13.6. The molecule has 1 aromatic heterocycles. The summed E-state index contributed by atoms with van der Waals surface area (Å²) in [5.74, 6) is -3.70. The van der Waals surface area contributed by atoms with Crippen LogP contribution < -0.4 is 5.32 Å². The maximum Gasteiger partial charge on any atom is 0.305 e. The van der Waals surface area contributed by atoms with Crippen LogP contribution in [0.3, 0.4) is 0 Å². The van der Waals surface area contributed by atoms with E-state index in [4.69, 9.17) is 0 Å². The third kappa shape index (κ3) is 2.32. The fraction of sp³-hybridized carbons (Fsp3) is 0.0909. The lowest BCUT2D eigenvalue weighted by atomic mass is 10.1. The number of nitro groups is 1. The summed E-state index contributed by atoms with van der Waals surface area (Å²) in [6.07, 6.45) is 1.40. The summed E-state index contributed by atoms with van der Waals surface area (Å²) in [6.45, 7) is 1.61. The van der Waals surface area contributed by atoms with Crippen LogP contribution in [0.25, 0.3) is 0 Å². The number of hydrogen-bond acceptors (Lipinski definition) is 4. The zero-order chi connectivity index (χ0) is 14.9. The number of aromatic amines is 1. The molecule has 9 heteroatoms. The number of nitrogens with one attached hydrogen (secondary N) is 2. The van der Waals surface area contributed by atoms with Crippen LogP contribution in [0, 0.1) is 28.7 Å². The molecule has 0 bridgehead atoms. The molecule has 0 saturated carbocycles. The Morgan fingerprint density at radius 3 is 2.70 bits per heavy atom. The number of aromatic nitrogens is 2. The van der Waals surface area contributed by atoms with Crippen LogP contribution in [0.15, 0.2) is 18.3 Å². The number of nitrogens with zero attached hydrogens (tertiary/aromatic N) is 2. The molecule has 0 aliphatic carbocycles. The smallest absolute Gasteiger partial charge is 0.305 e. The highest BCUT2D eigenvalue weighted by molar-refractivity contribution is 6.04. The second kappa shape index (κ2) is 5.03. The molecule has 0 fully saturated rings. The van der Waals surface area contributed by atoms with Crippen molar-refractivity contribution in [1.82, 2.24) is 10.2 Å². The van der Waals surface area contributed by atoms with E-state index in [0.29, 0.717) is 17.7 Å². The van der Waals surface area contributed by atoms with Crippen LogP contribution in [-0.4, -0.2) is 21.0 Å². The second-order valence-electron chi connectivity index (χ2n) is 3.89. The quantitative estimate of drug-likeness (QED) is 0.665. The first-order valence-corrected chi connectivity index (χ1v) is 5.35. The van der Waals surface area contributed by atoms with E-state index in [1.807, 2.05) is 0 Å². The molecule has 0 aliphatic rings. The molecule has 20 heavy (non-hydrogen) atoms. The highest BCUT2D eigenvalue weighted by atomic mass is 19.1. The van der Waals surface area contributed by atoms with Crippen molar-refractivity contribution in [3.63, 3.8) is 0 Å². The van der Waals surface area contributed by atoms with Crippen LogP contribution in [-0.2, 0) is 0 Å². The van der Waals surface area contributed by atoms with Gasteiger partial charge in [0, 0.05) is 11.6 Å². The molecule has 2 rings (SSSR count). The van der Waals surface area contributed by atoms with Gasteiger partial charge in [-0.25, -0.2) is 4.39 Å². The van der Waals surface area contributed by atoms with Crippen molar-refractivity contribution in [2.24, 2.45) is 0 Å². The molecule has 2 aromatic rings. The molecule has 0 saturated heterocycles. The van der Waals surface area contributed by atoms with Crippen LogP contribution >= 0.6 is 0 Å². The molecule has 0 aliphatic heterocycles. The van der Waals surface area contributed by atoms with Gasteiger partial charge in [-0.05, 0) is 13.0 Å². The van der Waals surface area contributed by atoms with Crippen LogP contribution in [0.5, 0.6) is 0 Å². The minimum atomic E-state index is -1.52. The van der Waals surface area contributed by atoms with Crippen molar-refractivity contribution in [2.75, 3.05) is 5.32 Å². The highest BCUT2D eigenvalue weighted by Gasteiger charge is 2.26. The Bertz CT molecular complexity index is 699. The van der Waals surface area contributed by atoms with Gasteiger partial charge in [-0.15, -0.1) is 0 Å². The summed E-state index contributed by atoms with van der Waals surface area (Å²) in [7, 11) is 0. The van der Waals surface area contributed by atoms with Gasteiger partial charge in [0.2, 0.25) is 5.82 Å². The van der Waals surface area contributed by atoms with E-state index in [-0.39, 0.29) is 5.82 Å². The Morgan fingerprint density at radius 2 is 2.15 bits per heavy atom. The number of halogens is 2. The number of benzene rings is 1. The second-order valence-corrected chi connectivity index (χ2v) is 3.89. The highest BCUT2D eigenvalue weighted by Crippen LogP contribution is 2.24. The van der Waals surface area contributed by atoms with Crippen LogP contribution in [0.1, 0.15) is 15.9 Å². The van der Waals surface area contributed by atoms with E-state index >= 15 is 0 Å². The average molecular weight is 282 g/mol. The minimum absolute atomic E-state index is 0.153. The molecule has 7 nitrogen and oxygen atoms in total. The van der Waals surface area contributed by atoms with Gasteiger partial charge in [0.25, 0.3) is 5.91 Å². The van der Waals surface area contributed by atoms with Crippen molar-refractivity contribution in [3.8, 4) is 0 Å². The minimum Gasteiger partial charge on any atom is -0.307 e. The summed E-state index contributed by atoms with van der Waals surface area (Å²) in [6, 6.07) is 1.32. The number of aryl methyl sites for hydroxylation is 1. The molecule has 0 radical (unpaired) electrons. The number of anilines is 1. The largest absolute Gasteiger partial charge is 0.307 e. The molecule has 0 unspecified atom stereocenters. The predicted molar refractivity (Wildman–Crippen MR) is 64.3 cm³/mol. The fourth-order valence-corrected chi connectivity index (χ4v) is 1.54. The summed E-state index contributed by atoms with van der Waals surface area (Å²) < 4.78 is 27.3. The maximum atomic E-state index is 13.8. The lowest BCUT2D eigenvalue weighted by Crippen LogP contribution is -2.17. The fourth-order valence-electron chi connectivity index (χ4n) is 1.54. The Morgan fingerprint density at radius 1 is 1.45 bits per heavy atom. The third-order valence-corrected chi connectivity index (χ3v) is 2.56. The number of carbonyl (C=O) groups excluding carboxylic acids is 1. The van der Waals surface area contributed by atoms with Crippen molar-refractivity contribution < 1.29 is 18.5 Å². The molecule has 0 atom stereocenters. The van der Waals surface area contributed by atoms with E-state index in [1.54, 1.807) is 6.92 Å². The summed E-state index contributed by atoms with van der Waals surface area (Å²) in [5, 5.41) is 18.8. The van der Waals surface area contributed by atoms with Crippen LogP contribution in [0.4, 0.5) is 20.3 Å². The van der Waals surface area contributed by atoms with E-state index in [9.17, 15) is 23.7 Å². The van der Waals surface area contributed by atoms with Crippen molar-refractivity contribution in [1.29, 1.82) is 0 Å². The molecule has 1 amide bonds. The standard InChI is InChI=1S/C11H8F2N4O3/c1-5-4-14-16-10(5)15-11(18)8-6(12)2-3-7(9(8)13)17(19)20/h2-4H,1H3,(H2,14,15,16,18). The van der Waals surface area contributed by atoms with Gasteiger partial charge in [0.05, 0.1) is 11.1 Å². The number of H-pyrrole nitrogens is 1. The van der Waals surface area contributed by atoms with Gasteiger partial charge in [0.1, 0.15) is 17.2 Å². The van der Waals surface area contributed by atoms with Gasteiger partial charge >= 0.3 is 5.69 Å². The van der Waals surface area contributed by atoms with Crippen LogP contribution in [0.2, 0.25) is 0 Å². The van der Waals surface area contributed by atoms with Gasteiger partial charge in [-0.1, -0.05) is 0 Å². The average Bonchev–Trinajstić information content (AvgIpc) is 2.74. The number of amides is 1. The number of nitro benzene ring substituents is 1. The molecule has 2 N–H and O–H groups in total. The summed E-state index contributed by atoms with van der Waals surface area (Å²) in [4.78, 5) is 21.4. The summed E-state index contributed by atoms with van der Waals surface area (Å²) in [5.41, 5.74) is -1.45. The Kier molecular flexibility index (Phi) is 3.42. The normalized spacial score (nSPS) is 10.3. The van der Waals surface area contributed by atoms with Gasteiger partial charge < -0.3 is 5.32 Å². The van der Waals surface area contributed by atoms with Crippen molar-refractivity contribution >= 4 is 17.4 Å². The SMILES string of the molecule is Cc1cn[nH]c1NC(=O)c1c(F)ccc([N+](=O)[O-])c1F. The maximum absolute atomic E-state index is 13.8. The van der Waals surface area contributed by atoms with E-state index in [0.717, 1.165) is 0 Å². The molecular formula is C11H8F2N4O3. The lowest BCUT2D eigenvalue weighted by Gasteiger charge is -2.06. The molecule has 104 valence electrons.